The molecule has 0 saturated carbocycles. The number of amides is 1. The number of carbonyl (C=O) groups excluding carboxylic acids is 1. The normalized spacial score (nSPS) is 15.0. The van der Waals surface area contributed by atoms with Gasteiger partial charge < -0.3 is 4.74 Å². The van der Waals surface area contributed by atoms with E-state index in [-0.39, 0.29) is 5.91 Å². The van der Waals surface area contributed by atoms with Crippen LogP contribution in [-0.4, -0.2) is 15.1 Å². The van der Waals surface area contributed by atoms with Crippen LogP contribution in [0.1, 0.15) is 22.3 Å². The van der Waals surface area contributed by atoms with E-state index in [1.54, 1.807) is 4.90 Å². The number of carbonyl (C=O) groups is 1. The molecule has 0 radical (unpaired) electrons. The predicted octanol–water partition coefficient (Wildman–Crippen LogP) is 6.63. The molecule has 1 heterocycles. The van der Waals surface area contributed by atoms with Crippen molar-refractivity contribution < 1.29 is 9.53 Å². The quantitative estimate of drug-likeness (QED) is 0.302. The van der Waals surface area contributed by atoms with Crippen LogP contribution in [0.25, 0.3) is 6.08 Å². The molecule has 0 unspecified atom stereocenters. The number of ether oxygens (including phenoxy) is 1. The average molecular weight is 466 g/mol. The number of hydrogen-bond donors (Lipinski definition) is 0. The number of benzene rings is 3. The van der Waals surface area contributed by atoms with Gasteiger partial charge >= 0.3 is 0 Å². The predicted molar refractivity (Wildman–Crippen MR) is 132 cm³/mol. The molecule has 1 aliphatic heterocycles. The smallest absolute Gasteiger partial charge is 0.266 e. The number of thioether (sulfide) groups is 1. The first-order valence-electron chi connectivity index (χ1n) is 9.77. The molecule has 0 aromatic heterocycles. The zero-order valence-corrected chi connectivity index (χ0v) is 19.3. The van der Waals surface area contributed by atoms with Gasteiger partial charge in [-0.3, -0.25) is 9.69 Å². The lowest BCUT2D eigenvalue weighted by Crippen LogP contribution is -2.27. The minimum atomic E-state index is -0.0605. The lowest BCUT2D eigenvalue weighted by molar-refractivity contribution is -0.122. The van der Waals surface area contributed by atoms with E-state index >= 15 is 0 Å². The van der Waals surface area contributed by atoms with E-state index in [2.05, 4.69) is 0 Å². The summed E-state index contributed by atoms with van der Waals surface area (Å²) in [7, 11) is 0. The van der Waals surface area contributed by atoms with Gasteiger partial charge in [0.1, 0.15) is 16.7 Å². The van der Waals surface area contributed by atoms with Crippen molar-refractivity contribution in [2.75, 3.05) is 0 Å². The second-order valence-corrected chi connectivity index (χ2v) is 9.29. The highest BCUT2D eigenvalue weighted by Gasteiger charge is 2.31. The summed E-state index contributed by atoms with van der Waals surface area (Å²) in [5.74, 6) is 0.679. The van der Waals surface area contributed by atoms with Crippen molar-refractivity contribution in [2.45, 2.75) is 20.1 Å². The fraction of sp³-hybridized carbons (Fsp3) is 0.120. The van der Waals surface area contributed by atoms with Gasteiger partial charge in [0, 0.05) is 10.6 Å². The fourth-order valence-corrected chi connectivity index (χ4v) is 4.55. The molecule has 3 aromatic carbocycles. The maximum Gasteiger partial charge on any atom is 0.266 e. The monoisotopic (exact) mass is 465 g/mol. The molecule has 6 heteroatoms. The van der Waals surface area contributed by atoms with Crippen LogP contribution < -0.4 is 4.74 Å². The van der Waals surface area contributed by atoms with E-state index in [9.17, 15) is 4.79 Å². The second kappa shape index (κ2) is 9.69. The number of nitrogens with zero attached hydrogens (tertiary/aromatic N) is 1. The number of hydrogen-bond acceptors (Lipinski definition) is 4. The molecule has 3 nitrogen and oxygen atoms in total. The summed E-state index contributed by atoms with van der Waals surface area (Å²) in [6.07, 6.45) is 1.87. The van der Waals surface area contributed by atoms with Crippen molar-refractivity contribution in [3.63, 3.8) is 0 Å². The van der Waals surface area contributed by atoms with Crippen LogP contribution in [-0.2, 0) is 17.9 Å². The third kappa shape index (κ3) is 5.37. The third-order valence-electron chi connectivity index (χ3n) is 4.86. The van der Waals surface area contributed by atoms with E-state index in [1.165, 1.54) is 17.3 Å². The fourth-order valence-electron chi connectivity index (χ4n) is 3.10. The van der Waals surface area contributed by atoms with Crippen LogP contribution in [0.3, 0.4) is 0 Å². The van der Waals surface area contributed by atoms with E-state index in [1.807, 2.05) is 85.8 Å². The molecule has 3 aromatic rings. The Labute approximate surface area is 196 Å². The van der Waals surface area contributed by atoms with Crippen molar-refractivity contribution in [3.05, 3.63) is 105 Å². The second-order valence-electron chi connectivity index (χ2n) is 7.20. The Kier molecular flexibility index (Phi) is 6.76. The molecule has 156 valence electrons. The third-order valence-corrected chi connectivity index (χ3v) is 6.61. The maximum atomic E-state index is 12.9. The Balaban J connectivity index is 1.41. The highest BCUT2D eigenvalue weighted by Crippen LogP contribution is 2.34. The SMILES string of the molecule is Cc1ccc(CN2C(=O)/C(=C/c3ccc(OCc4ccccc4Cl)cc3)SC2=S)cc1. The molecule has 1 aliphatic rings. The lowest BCUT2D eigenvalue weighted by atomic mass is 10.1. The van der Waals surface area contributed by atoms with Crippen LogP contribution in [0.2, 0.25) is 5.02 Å². The summed E-state index contributed by atoms with van der Waals surface area (Å²) >= 11 is 12.9. The first kappa shape index (κ1) is 21.6. The highest BCUT2D eigenvalue weighted by molar-refractivity contribution is 8.26. The largest absolute Gasteiger partial charge is 0.489 e. The molecule has 0 N–H and O–H groups in total. The van der Waals surface area contributed by atoms with Gasteiger partial charge in [0.05, 0.1) is 11.4 Å². The maximum absolute atomic E-state index is 12.9. The van der Waals surface area contributed by atoms with Gasteiger partial charge in [0.2, 0.25) is 0 Å². The number of thiocarbonyl (C=S) groups is 1. The van der Waals surface area contributed by atoms with Gasteiger partial charge in [0.25, 0.3) is 5.91 Å². The summed E-state index contributed by atoms with van der Waals surface area (Å²) in [5, 5.41) is 0.687. The number of aryl methyl sites for hydroxylation is 1. The topological polar surface area (TPSA) is 29.5 Å². The minimum absolute atomic E-state index is 0.0605. The molecule has 0 spiro atoms. The highest BCUT2D eigenvalue weighted by atomic mass is 35.5. The molecule has 31 heavy (non-hydrogen) atoms. The van der Waals surface area contributed by atoms with Crippen molar-refractivity contribution in [1.82, 2.24) is 4.90 Å². The van der Waals surface area contributed by atoms with Gasteiger partial charge in [-0.05, 0) is 42.3 Å². The Bertz CT molecular complexity index is 1140. The Morgan fingerprint density at radius 2 is 1.74 bits per heavy atom. The molecular formula is C25H20ClNO2S2. The Hall–Kier alpha value is -2.60. The summed E-state index contributed by atoms with van der Waals surface area (Å²) in [4.78, 5) is 15.1. The van der Waals surface area contributed by atoms with E-state index in [0.717, 1.165) is 22.4 Å². The number of rotatable bonds is 6. The van der Waals surface area contributed by atoms with Crippen LogP contribution >= 0.6 is 35.6 Å². The molecule has 1 amide bonds. The zero-order chi connectivity index (χ0) is 21.8. The van der Waals surface area contributed by atoms with Gasteiger partial charge in [-0.25, -0.2) is 0 Å². The van der Waals surface area contributed by atoms with Gasteiger partial charge in [-0.2, -0.15) is 0 Å². The molecular weight excluding hydrogens is 446 g/mol. The Morgan fingerprint density at radius 3 is 2.45 bits per heavy atom. The lowest BCUT2D eigenvalue weighted by Gasteiger charge is -2.14. The Morgan fingerprint density at radius 1 is 1.03 bits per heavy atom. The average Bonchev–Trinajstić information content (AvgIpc) is 3.03. The summed E-state index contributed by atoms with van der Waals surface area (Å²) in [6.45, 7) is 2.92. The van der Waals surface area contributed by atoms with E-state index < -0.39 is 0 Å². The summed E-state index contributed by atoms with van der Waals surface area (Å²) in [6, 6.07) is 23.4. The standard InChI is InChI=1S/C25H20ClNO2S2/c1-17-6-8-19(9-7-17)15-27-24(28)23(31-25(27)30)14-18-10-12-21(13-11-18)29-16-20-4-2-3-5-22(20)26/h2-14H,15-16H2,1H3/b23-14-. The van der Waals surface area contributed by atoms with Crippen molar-refractivity contribution >= 4 is 51.9 Å². The minimum Gasteiger partial charge on any atom is -0.489 e. The van der Waals surface area contributed by atoms with Crippen LogP contribution in [0.4, 0.5) is 0 Å². The molecule has 1 fully saturated rings. The van der Waals surface area contributed by atoms with E-state index in [0.29, 0.717) is 27.4 Å². The molecule has 1 saturated heterocycles. The summed E-state index contributed by atoms with van der Waals surface area (Å²) < 4.78 is 6.40. The first-order valence-corrected chi connectivity index (χ1v) is 11.4. The van der Waals surface area contributed by atoms with Crippen molar-refractivity contribution in [1.29, 1.82) is 0 Å². The zero-order valence-electron chi connectivity index (χ0n) is 16.9. The molecule has 4 rings (SSSR count). The van der Waals surface area contributed by atoms with Gasteiger partial charge in [-0.1, -0.05) is 95.7 Å². The summed E-state index contributed by atoms with van der Waals surface area (Å²) in [5.41, 5.74) is 4.10. The molecule has 0 aliphatic carbocycles. The molecule has 0 bridgehead atoms. The van der Waals surface area contributed by atoms with E-state index in [4.69, 9.17) is 28.6 Å². The molecule has 0 atom stereocenters. The van der Waals surface area contributed by atoms with Crippen LogP contribution in [0.5, 0.6) is 5.75 Å². The van der Waals surface area contributed by atoms with Gasteiger partial charge in [-0.15, -0.1) is 0 Å². The van der Waals surface area contributed by atoms with Crippen molar-refractivity contribution in [2.24, 2.45) is 0 Å². The van der Waals surface area contributed by atoms with Crippen molar-refractivity contribution in [3.8, 4) is 5.75 Å². The van der Waals surface area contributed by atoms with Crippen LogP contribution in [0, 0.1) is 6.92 Å². The van der Waals surface area contributed by atoms with Gasteiger partial charge in [0.15, 0.2) is 0 Å². The number of halogens is 1. The van der Waals surface area contributed by atoms with Crippen LogP contribution in [0.15, 0.2) is 77.7 Å². The first-order chi connectivity index (χ1) is 15.0.